The molecule has 0 aliphatic heterocycles. The van der Waals surface area contributed by atoms with Gasteiger partial charge in [0, 0.05) is 17.8 Å². The fraction of sp³-hybridized carbons (Fsp3) is 0.500. The molecule has 0 radical (unpaired) electrons. The van der Waals surface area contributed by atoms with E-state index in [9.17, 15) is 41.1 Å². The Bertz CT molecular complexity index is 1570. The number of amides is 2. The summed E-state index contributed by atoms with van der Waals surface area (Å²) in [5.74, 6) is -4.27. The lowest BCUT2D eigenvalue weighted by Gasteiger charge is -2.31. The molecule has 3 fully saturated rings. The first-order valence-electron chi connectivity index (χ1n) is 14.3. The van der Waals surface area contributed by atoms with Crippen molar-refractivity contribution < 1.29 is 50.2 Å². The summed E-state index contributed by atoms with van der Waals surface area (Å²) in [6.07, 6.45) is 3.77. The number of fused-ring (bicyclic) bond motifs is 2. The fourth-order valence-electron chi connectivity index (χ4n) is 7.09. The molecular weight excluding hydrogens is 608 g/mol. The van der Waals surface area contributed by atoms with Crippen LogP contribution in [0.15, 0.2) is 41.3 Å². The predicted molar refractivity (Wildman–Crippen MR) is 149 cm³/mol. The number of benzene rings is 2. The highest BCUT2D eigenvalue weighted by molar-refractivity contribution is 7.92. The minimum absolute atomic E-state index is 0.00480. The van der Waals surface area contributed by atoms with Gasteiger partial charge in [0.1, 0.15) is 11.6 Å². The van der Waals surface area contributed by atoms with Crippen molar-refractivity contribution in [3.05, 3.63) is 53.3 Å². The van der Waals surface area contributed by atoms with Crippen molar-refractivity contribution >= 4 is 33.3 Å². The van der Waals surface area contributed by atoms with E-state index >= 15 is 4.39 Å². The van der Waals surface area contributed by atoms with Crippen molar-refractivity contribution in [2.75, 3.05) is 12.4 Å². The minimum Gasteiger partial charge on any atom is -0.496 e. The molecule has 2 bridgehead atoms. The number of rotatable bonds is 8. The maximum absolute atomic E-state index is 15.1. The van der Waals surface area contributed by atoms with Crippen molar-refractivity contribution in [1.29, 1.82) is 0 Å². The quantitative estimate of drug-likeness (QED) is 0.334. The van der Waals surface area contributed by atoms with Crippen molar-refractivity contribution in [3.63, 3.8) is 0 Å². The summed E-state index contributed by atoms with van der Waals surface area (Å²) in [6, 6.07) is 5.83. The van der Waals surface area contributed by atoms with Crippen molar-refractivity contribution in [1.82, 2.24) is 5.32 Å². The average molecular weight is 641 g/mol. The van der Waals surface area contributed by atoms with Gasteiger partial charge < -0.3 is 20.5 Å². The van der Waals surface area contributed by atoms with E-state index in [-0.39, 0.29) is 40.3 Å². The van der Waals surface area contributed by atoms with Gasteiger partial charge >= 0.3 is 11.5 Å². The molecule has 2 amide bonds. The van der Waals surface area contributed by atoms with Gasteiger partial charge in [-0.3, -0.25) is 14.4 Å². The highest BCUT2D eigenvalue weighted by atomic mass is 32.2. The highest BCUT2D eigenvalue weighted by Crippen LogP contribution is 2.49. The topological polar surface area (TPSA) is 139 Å². The van der Waals surface area contributed by atoms with Crippen LogP contribution in [0, 0.1) is 29.5 Å². The predicted octanol–water partition coefficient (Wildman–Crippen LogP) is 5.27. The Morgan fingerprint density at radius 2 is 1.66 bits per heavy atom. The van der Waals surface area contributed by atoms with E-state index in [2.05, 4.69) is 10.6 Å². The highest BCUT2D eigenvalue weighted by Gasteiger charge is 2.52. The Balaban J connectivity index is 1.35. The molecule has 9 nitrogen and oxygen atoms in total. The van der Waals surface area contributed by atoms with Gasteiger partial charge in [0.05, 0.1) is 29.4 Å². The van der Waals surface area contributed by atoms with Gasteiger partial charge in [0.25, 0.3) is 15.7 Å². The van der Waals surface area contributed by atoms with Crippen LogP contribution in [0.3, 0.4) is 0 Å². The Morgan fingerprint density at radius 1 is 0.977 bits per heavy atom. The Kier molecular flexibility index (Phi) is 8.67. The van der Waals surface area contributed by atoms with E-state index in [1.807, 2.05) is 0 Å². The molecule has 0 heterocycles. The number of halogens is 4. The lowest BCUT2D eigenvalue weighted by atomic mass is 9.78. The second-order valence-electron chi connectivity index (χ2n) is 11.8. The fourth-order valence-corrected chi connectivity index (χ4v) is 7.90. The molecule has 2 aromatic rings. The molecule has 0 aromatic heterocycles. The van der Waals surface area contributed by atoms with Crippen LogP contribution >= 0.6 is 0 Å². The summed E-state index contributed by atoms with van der Waals surface area (Å²) in [5.41, 5.74) is -5.28. The van der Waals surface area contributed by atoms with Gasteiger partial charge in [0.15, 0.2) is 0 Å². The molecule has 4 atom stereocenters. The number of nitrogens with one attached hydrogen (secondary N) is 2. The molecule has 3 saturated carbocycles. The lowest BCUT2D eigenvalue weighted by Crippen LogP contribution is -2.48. The average Bonchev–Trinajstić information content (AvgIpc) is 3.58. The molecule has 5 rings (SSSR count). The molecule has 0 saturated heterocycles. The van der Waals surface area contributed by atoms with Crippen molar-refractivity contribution in [2.24, 2.45) is 23.7 Å². The van der Waals surface area contributed by atoms with Crippen LogP contribution in [0.4, 0.5) is 23.2 Å². The number of sulfone groups is 1. The molecule has 238 valence electrons. The normalized spacial score (nSPS) is 26.7. The number of carbonyl (C=O) groups excluding carboxylic acids is 2. The van der Waals surface area contributed by atoms with E-state index in [4.69, 9.17) is 4.74 Å². The molecule has 2 aromatic carbocycles. The molecule has 14 heteroatoms. The van der Waals surface area contributed by atoms with Crippen LogP contribution in [-0.4, -0.2) is 50.0 Å². The standard InChI is InChI=1S/C30H32F4N2O7S/c1-43-24-14-23(31)21(15-5-7-16(8-6-15)29(39)40)13-22(24)27(37)36-26-18-10-9-17(11-18)25(26)28(38)35-19-3-2-4-20(12-19)44(41,42)30(32,33)34/h2-4,12-18,25-26H,5-11H2,1H3,(H,35,38)(H,36,37)(H,39,40)/t15-,16+,17-,18+,25+,26-/m1/s1. The number of carboxylic acid groups (broad SMARTS) is 1. The van der Waals surface area contributed by atoms with Gasteiger partial charge in [-0.05, 0) is 92.5 Å². The zero-order valence-corrected chi connectivity index (χ0v) is 24.5. The number of anilines is 1. The zero-order chi connectivity index (χ0) is 32.0. The molecule has 0 spiro atoms. The summed E-state index contributed by atoms with van der Waals surface area (Å²) in [4.78, 5) is 37.4. The van der Waals surface area contributed by atoms with Crippen LogP contribution in [0.25, 0.3) is 0 Å². The third-order valence-electron chi connectivity index (χ3n) is 9.31. The van der Waals surface area contributed by atoms with E-state index in [1.54, 1.807) is 0 Å². The summed E-state index contributed by atoms with van der Waals surface area (Å²) < 4.78 is 83.3. The minimum atomic E-state index is -5.62. The molecule has 3 aliphatic rings. The number of hydrogen-bond acceptors (Lipinski definition) is 6. The number of ether oxygens (including phenoxy) is 1. The van der Waals surface area contributed by atoms with Gasteiger partial charge in [-0.15, -0.1) is 0 Å². The summed E-state index contributed by atoms with van der Waals surface area (Å²) in [6.45, 7) is 0. The number of carbonyl (C=O) groups is 3. The maximum atomic E-state index is 15.1. The molecule has 44 heavy (non-hydrogen) atoms. The van der Waals surface area contributed by atoms with Gasteiger partial charge in [-0.2, -0.15) is 13.2 Å². The second-order valence-corrected chi connectivity index (χ2v) is 13.7. The Hall–Kier alpha value is -3.68. The number of hydrogen-bond donors (Lipinski definition) is 3. The number of aliphatic carboxylic acids is 1. The largest absolute Gasteiger partial charge is 0.501 e. The monoisotopic (exact) mass is 640 g/mol. The van der Waals surface area contributed by atoms with Crippen LogP contribution < -0.4 is 15.4 Å². The molecule has 3 aliphatic carbocycles. The summed E-state index contributed by atoms with van der Waals surface area (Å²) in [7, 11) is -4.32. The maximum Gasteiger partial charge on any atom is 0.501 e. The van der Waals surface area contributed by atoms with Crippen molar-refractivity contribution in [3.8, 4) is 5.75 Å². The van der Waals surface area contributed by atoms with E-state index in [1.165, 1.54) is 19.2 Å². The second kappa shape index (κ2) is 12.0. The van der Waals surface area contributed by atoms with Crippen molar-refractivity contribution in [2.45, 2.75) is 67.3 Å². The van der Waals surface area contributed by atoms with Gasteiger partial charge in [0.2, 0.25) is 5.91 Å². The number of carboxylic acids is 1. The molecule has 3 N–H and O–H groups in total. The third-order valence-corrected chi connectivity index (χ3v) is 10.8. The Labute approximate surface area is 251 Å². The Morgan fingerprint density at radius 3 is 2.30 bits per heavy atom. The summed E-state index contributed by atoms with van der Waals surface area (Å²) >= 11 is 0. The first-order valence-corrected chi connectivity index (χ1v) is 15.8. The molecular formula is C30H32F4N2O7S. The summed E-state index contributed by atoms with van der Waals surface area (Å²) in [5, 5.41) is 14.7. The molecule has 0 unspecified atom stereocenters. The van der Waals surface area contributed by atoms with Crippen LogP contribution in [0.2, 0.25) is 0 Å². The van der Waals surface area contributed by atoms with E-state index in [0.29, 0.717) is 38.5 Å². The smallest absolute Gasteiger partial charge is 0.496 e. The van der Waals surface area contributed by atoms with Gasteiger partial charge in [-0.1, -0.05) is 6.07 Å². The first-order chi connectivity index (χ1) is 20.7. The SMILES string of the molecule is COc1cc(F)c([C@H]2CC[C@@H](C(=O)O)CC2)cc1C(=O)N[C@@H]1[C@H]2CC[C@H](C2)[C@@H]1C(=O)Nc1cccc(S(=O)(=O)C(F)(F)F)c1. The van der Waals surface area contributed by atoms with Gasteiger partial charge in [-0.25, -0.2) is 12.8 Å². The van der Waals surface area contributed by atoms with Crippen LogP contribution in [-0.2, 0) is 19.4 Å². The van der Waals surface area contributed by atoms with Crippen LogP contribution in [0.5, 0.6) is 5.75 Å². The van der Waals surface area contributed by atoms with Crippen LogP contribution in [0.1, 0.15) is 66.8 Å². The van der Waals surface area contributed by atoms with E-state index < -0.39 is 61.7 Å². The number of methoxy groups -OCH3 is 1. The van der Waals surface area contributed by atoms with E-state index in [0.717, 1.165) is 30.7 Å². The number of alkyl halides is 3. The lowest BCUT2D eigenvalue weighted by molar-refractivity contribution is -0.142. The zero-order valence-electron chi connectivity index (χ0n) is 23.7. The third kappa shape index (κ3) is 6.00. The first kappa shape index (κ1) is 31.7.